The number of likely N-dealkylation sites (N-methyl/N-ethyl adjacent to an activating group) is 1. The van der Waals surface area contributed by atoms with E-state index in [2.05, 4.69) is 5.32 Å². The van der Waals surface area contributed by atoms with E-state index in [-0.39, 0.29) is 48.5 Å². The maximum Gasteiger partial charge on any atom is 0.243 e. The molecule has 0 bridgehead atoms. The van der Waals surface area contributed by atoms with Crippen LogP contribution in [0.15, 0.2) is 89.8 Å². The Hall–Kier alpha value is -3.56. The van der Waals surface area contributed by atoms with Gasteiger partial charge in [-0.2, -0.15) is 0 Å². The van der Waals surface area contributed by atoms with Gasteiger partial charge in [-0.15, -0.1) is 0 Å². The van der Waals surface area contributed by atoms with Gasteiger partial charge in [0.15, 0.2) is 0 Å². The van der Waals surface area contributed by atoms with E-state index in [1.165, 1.54) is 40.5 Å². The minimum atomic E-state index is -3.68. The van der Waals surface area contributed by atoms with Gasteiger partial charge in [-0.25, -0.2) is 17.1 Å². The summed E-state index contributed by atoms with van der Waals surface area (Å²) in [5.41, 5.74) is 1.58. The Morgan fingerprint density at radius 2 is 1.50 bits per heavy atom. The number of hydrogen-bond donors (Lipinski definition) is 1. The molecule has 0 aliphatic heterocycles. The van der Waals surface area contributed by atoms with Crippen molar-refractivity contribution in [2.24, 2.45) is 0 Å². The summed E-state index contributed by atoms with van der Waals surface area (Å²) in [5.74, 6) is -0.957. The van der Waals surface area contributed by atoms with Crippen LogP contribution in [0, 0.1) is 5.82 Å². The fraction of sp³-hybridized carbons (Fsp3) is 0.310. The first-order valence-electron chi connectivity index (χ1n) is 12.6. The van der Waals surface area contributed by atoms with Crippen LogP contribution >= 0.6 is 0 Å². The highest BCUT2D eigenvalue weighted by molar-refractivity contribution is 7.89. The normalized spacial score (nSPS) is 12.2. The lowest BCUT2D eigenvalue weighted by atomic mass is 10.0. The van der Waals surface area contributed by atoms with E-state index in [0.29, 0.717) is 18.5 Å². The molecule has 9 heteroatoms. The summed E-state index contributed by atoms with van der Waals surface area (Å²) < 4.78 is 40.4. The second kappa shape index (κ2) is 13.8. The molecule has 0 saturated heterocycles. The van der Waals surface area contributed by atoms with Crippen molar-refractivity contribution in [2.45, 2.75) is 43.7 Å². The molecule has 0 saturated carbocycles. The van der Waals surface area contributed by atoms with Crippen molar-refractivity contribution in [2.75, 3.05) is 20.1 Å². The van der Waals surface area contributed by atoms with Crippen LogP contribution in [-0.2, 0) is 32.6 Å². The van der Waals surface area contributed by atoms with Gasteiger partial charge in [-0.05, 0) is 48.7 Å². The van der Waals surface area contributed by atoms with Gasteiger partial charge in [0.2, 0.25) is 21.8 Å². The summed E-state index contributed by atoms with van der Waals surface area (Å²) in [4.78, 5) is 28.4. The minimum absolute atomic E-state index is 0.0422. The molecule has 2 amide bonds. The zero-order chi connectivity index (χ0) is 27.5. The van der Waals surface area contributed by atoms with E-state index in [9.17, 15) is 22.4 Å². The molecule has 0 spiro atoms. The Morgan fingerprint density at radius 1 is 0.895 bits per heavy atom. The van der Waals surface area contributed by atoms with Crippen LogP contribution < -0.4 is 5.32 Å². The van der Waals surface area contributed by atoms with Crippen LogP contribution in [0.4, 0.5) is 4.39 Å². The van der Waals surface area contributed by atoms with Gasteiger partial charge in [0.25, 0.3) is 0 Å². The first kappa shape index (κ1) is 29.0. The first-order chi connectivity index (χ1) is 18.2. The second-order valence-electron chi connectivity index (χ2n) is 8.99. The Morgan fingerprint density at radius 3 is 2.11 bits per heavy atom. The predicted octanol–water partition coefficient (Wildman–Crippen LogP) is 4.00. The number of halogens is 1. The molecule has 1 atom stereocenters. The largest absolute Gasteiger partial charge is 0.355 e. The summed E-state index contributed by atoms with van der Waals surface area (Å²) in [6.07, 6.45) is 0.622. The molecule has 0 heterocycles. The van der Waals surface area contributed by atoms with Crippen molar-refractivity contribution >= 4 is 21.8 Å². The fourth-order valence-electron chi connectivity index (χ4n) is 4.12. The van der Waals surface area contributed by atoms with Crippen molar-refractivity contribution in [3.63, 3.8) is 0 Å². The highest BCUT2D eigenvalue weighted by Crippen LogP contribution is 2.18. The third-order valence-electron chi connectivity index (χ3n) is 6.20. The number of carbonyl (C=O) groups excluding carboxylic acids is 2. The summed E-state index contributed by atoms with van der Waals surface area (Å²) in [5, 5.41) is 2.83. The van der Waals surface area contributed by atoms with Crippen LogP contribution in [-0.4, -0.2) is 55.6 Å². The quantitative estimate of drug-likeness (QED) is 0.356. The van der Waals surface area contributed by atoms with Crippen LogP contribution in [0.3, 0.4) is 0 Å². The number of nitrogens with one attached hydrogen (secondary N) is 1. The zero-order valence-corrected chi connectivity index (χ0v) is 22.5. The average molecular weight is 540 g/mol. The van der Waals surface area contributed by atoms with Gasteiger partial charge in [-0.3, -0.25) is 9.59 Å². The van der Waals surface area contributed by atoms with E-state index < -0.39 is 16.1 Å². The molecule has 3 rings (SSSR count). The summed E-state index contributed by atoms with van der Waals surface area (Å²) in [6.45, 7) is 2.47. The van der Waals surface area contributed by atoms with Crippen molar-refractivity contribution < 1.29 is 22.4 Å². The summed E-state index contributed by atoms with van der Waals surface area (Å²) in [6, 6.07) is 22.6. The number of sulfonamides is 1. The molecular weight excluding hydrogens is 505 g/mol. The molecule has 0 radical (unpaired) electrons. The SMILES string of the molecule is CCNC(=O)[C@@H](Cc1ccccc1)N(Cc1ccc(F)cc1)C(=O)CCCN(C)S(=O)(=O)c1ccccc1. The second-order valence-corrected chi connectivity index (χ2v) is 11.0. The van der Waals surface area contributed by atoms with Crippen molar-refractivity contribution in [1.82, 2.24) is 14.5 Å². The minimum Gasteiger partial charge on any atom is -0.355 e. The molecule has 3 aromatic rings. The van der Waals surface area contributed by atoms with Crippen molar-refractivity contribution in [3.05, 3.63) is 102 Å². The molecule has 202 valence electrons. The molecule has 0 fully saturated rings. The van der Waals surface area contributed by atoms with Gasteiger partial charge in [0, 0.05) is 39.5 Å². The van der Waals surface area contributed by atoms with Crippen molar-refractivity contribution in [1.29, 1.82) is 0 Å². The average Bonchev–Trinajstić information content (AvgIpc) is 2.92. The van der Waals surface area contributed by atoms with Gasteiger partial charge in [0.1, 0.15) is 11.9 Å². The lowest BCUT2D eigenvalue weighted by Gasteiger charge is -2.31. The first-order valence-corrected chi connectivity index (χ1v) is 14.0. The third kappa shape index (κ3) is 7.97. The number of benzene rings is 3. The predicted molar refractivity (Wildman–Crippen MR) is 145 cm³/mol. The van der Waals surface area contributed by atoms with Crippen LogP contribution in [0.25, 0.3) is 0 Å². The highest BCUT2D eigenvalue weighted by atomic mass is 32.2. The van der Waals surface area contributed by atoms with E-state index in [4.69, 9.17) is 0 Å². The smallest absolute Gasteiger partial charge is 0.243 e. The standard InChI is InChI=1S/C29H34FN3O4S/c1-3-31-29(35)27(21-23-11-6-4-7-12-23)33(22-24-16-18-25(30)19-17-24)28(34)15-10-20-32(2)38(36,37)26-13-8-5-9-14-26/h4-9,11-14,16-19,27H,3,10,15,20-22H2,1-2H3,(H,31,35)/t27-/m1/s1. The topological polar surface area (TPSA) is 86.8 Å². The number of nitrogens with zero attached hydrogens (tertiary/aromatic N) is 2. The molecule has 38 heavy (non-hydrogen) atoms. The lowest BCUT2D eigenvalue weighted by Crippen LogP contribution is -2.50. The van der Waals surface area contributed by atoms with Crippen LogP contribution in [0.1, 0.15) is 30.9 Å². The monoisotopic (exact) mass is 539 g/mol. The molecular formula is C29H34FN3O4S. The zero-order valence-electron chi connectivity index (χ0n) is 21.7. The summed E-state index contributed by atoms with van der Waals surface area (Å²) in [7, 11) is -2.20. The van der Waals surface area contributed by atoms with Crippen LogP contribution in [0.5, 0.6) is 0 Å². The number of amides is 2. The lowest BCUT2D eigenvalue weighted by molar-refractivity contribution is -0.141. The molecule has 0 unspecified atom stereocenters. The number of hydrogen-bond acceptors (Lipinski definition) is 4. The fourth-order valence-corrected chi connectivity index (χ4v) is 5.35. The highest BCUT2D eigenvalue weighted by Gasteiger charge is 2.30. The van der Waals surface area contributed by atoms with E-state index >= 15 is 0 Å². The van der Waals surface area contributed by atoms with E-state index in [1.54, 1.807) is 30.3 Å². The molecule has 0 aliphatic rings. The molecule has 3 aromatic carbocycles. The van der Waals surface area contributed by atoms with E-state index in [1.807, 2.05) is 37.3 Å². The molecule has 0 aromatic heterocycles. The van der Waals surface area contributed by atoms with E-state index in [0.717, 1.165) is 5.56 Å². The Bertz CT molecular complexity index is 1290. The third-order valence-corrected chi connectivity index (χ3v) is 8.07. The van der Waals surface area contributed by atoms with Crippen molar-refractivity contribution in [3.8, 4) is 0 Å². The summed E-state index contributed by atoms with van der Waals surface area (Å²) >= 11 is 0. The Kier molecular flexibility index (Phi) is 10.6. The van der Waals surface area contributed by atoms with Crippen LogP contribution in [0.2, 0.25) is 0 Å². The van der Waals surface area contributed by atoms with Gasteiger partial charge in [-0.1, -0.05) is 60.7 Å². The van der Waals surface area contributed by atoms with Gasteiger partial charge < -0.3 is 10.2 Å². The Balaban J connectivity index is 1.79. The maximum atomic E-state index is 13.6. The van der Waals surface area contributed by atoms with Gasteiger partial charge in [0.05, 0.1) is 4.90 Å². The molecule has 7 nitrogen and oxygen atoms in total. The molecule has 0 aliphatic carbocycles. The maximum absolute atomic E-state index is 13.6. The molecule has 1 N–H and O–H groups in total. The van der Waals surface area contributed by atoms with Gasteiger partial charge >= 0.3 is 0 Å². The number of carbonyl (C=O) groups is 2. The Labute approximate surface area is 224 Å². The number of rotatable bonds is 13.